The number of hydrogen-bond acceptors (Lipinski definition) is 1. The van der Waals surface area contributed by atoms with Crippen LogP contribution in [-0.2, 0) is 0 Å². The fraction of sp³-hybridized carbons (Fsp3) is 0.222. The monoisotopic (exact) mass is 222 g/mol. The standard InChI is InChI=1S/C9H6ClF3O/c1-4(14)5-2-6(9(12)13)8(11)3-7(5)10/h2-3,9H,1H3. The van der Waals surface area contributed by atoms with E-state index < -0.39 is 23.6 Å². The van der Waals surface area contributed by atoms with E-state index >= 15 is 0 Å². The molecule has 0 heterocycles. The fourth-order valence-corrected chi connectivity index (χ4v) is 1.29. The summed E-state index contributed by atoms with van der Waals surface area (Å²) in [5, 5.41) is -0.153. The van der Waals surface area contributed by atoms with Crippen LogP contribution in [0, 0.1) is 5.82 Å². The van der Waals surface area contributed by atoms with E-state index in [1.165, 1.54) is 6.92 Å². The predicted octanol–water partition coefficient (Wildman–Crippen LogP) is 3.62. The van der Waals surface area contributed by atoms with Crippen LogP contribution >= 0.6 is 11.6 Å². The van der Waals surface area contributed by atoms with Gasteiger partial charge in [-0.2, -0.15) is 0 Å². The van der Waals surface area contributed by atoms with E-state index in [4.69, 9.17) is 11.6 Å². The summed E-state index contributed by atoms with van der Waals surface area (Å²) in [7, 11) is 0. The molecular formula is C9H6ClF3O. The highest BCUT2D eigenvalue weighted by molar-refractivity contribution is 6.33. The summed E-state index contributed by atoms with van der Waals surface area (Å²) in [6.07, 6.45) is -2.95. The van der Waals surface area contributed by atoms with Gasteiger partial charge >= 0.3 is 0 Å². The maximum Gasteiger partial charge on any atom is 0.266 e. The Hall–Kier alpha value is -1.03. The molecule has 0 aliphatic heterocycles. The molecule has 14 heavy (non-hydrogen) atoms. The van der Waals surface area contributed by atoms with E-state index in [9.17, 15) is 18.0 Å². The lowest BCUT2D eigenvalue weighted by molar-refractivity contribution is 0.101. The summed E-state index contributed by atoms with van der Waals surface area (Å²) in [6, 6.07) is 1.50. The zero-order valence-corrected chi connectivity index (χ0v) is 7.91. The Morgan fingerprint density at radius 3 is 2.43 bits per heavy atom. The van der Waals surface area contributed by atoms with E-state index in [0.717, 1.165) is 12.1 Å². The SMILES string of the molecule is CC(=O)c1cc(C(F)F)c(F)cc1Cl. The van der Waals surface area contributed by atoms with Crippen LogP contribution in [0.15, 0.2) is 12.1 Å². The lowest BCUT2D eigenvalue weighted by Crippen LogP contribution is -1.99. The Bertz CT molecular complexity index is 377. The van der Waals surface area contributed by atoms with E-state index in [0.29, 0.717) is 0 Å². The van der Waals surface area contributed by atoms with Crippen LogP contribution in [0.2, 0.25) is 5.02 Å². The second-order valence-electron chi connectivity index (χ2n) is 2.71. The Kier molecular flexibility index (Phi) is 3.16. The number of alkyl halides is 2. The second kappa shape index (κ2) is 4.00. The van der Waals surface area contributed by atoms with Crippen molar-refractivity contribution in [3.8, 4) is 0 Å². The van der Waals surface area contributed by atoms with E-state index in [1.54, 1.807) is 0 Å². The van der Waals surface area contributed by atoms with Gasteiger partial charge in [-0.25, -0.2) is 13.2 Å². The lowest BCUT2D eigenvalue weighted by atomic mass is 10.1. The Balaban J connectivity index is 3.34. The first-order valence-corrected chi connectivity index (χ1v) is 4.09. The number of carbonyl (C=O) groups is 1. The number of rotatable bonds is 2. The average Bonchev–Trinajstić information content (AvgIpc) is 2.02. The van der Waals surface area contributed by atoms with Gasteiger partial charge in [-0.05, 0) is 19.1 Å². The van der Waals surface area contributed by atoms with Crippen molar-refractivity contribution in [3.63, 3.8) is 0 Å². The molecule has 0 N–H and O–H groups in total. The van der Waals surface area contributed by atoms with Gasteiger partial charge < -0.3 is 0 Å². The van der Waals surface area contributed by atoms with Crippen molar-refractivity contribution in [2.75, 3.05) is 0 Å². The minimum absolute atomic E-state index is 0.0941. The summed E-state index contributed by atoms with van der Waals surface area (Å²) in [6.45, 7) is 1.17. The molecule has 0 fully saturated rings. The van der Waals surface area contributed by atoms with Crippen LogP contribution in [0.5, 0.6) is 0 Å². The predicted molar refractivity (Wildman–Crippen MR) is 46.4 cm³/mol. The van der Waals surface area contributed by atoms with Gasteiger partial charge in [0.05, 0.1) is 10.6 Å². The van der Waals surface area contributed by atoms with Crippen LogP contribution in [0.3, 0.4) is 0 Å². The first-order chi connectivity index (χ1) is 6.43. The molecule has 1 aromatic carbocycles. The van der Waals surface area contributed by atoms with Gasteiger partial charge in [-0.3, -0.25) is 4.79 Å². The average molecular weight is 223 g/mol. The lowest BCUT2D eigenvalue weighted by Gasteiger charge is -2.05. The van der Waals surface area contributed by atoms with Gasteiger partial charge in [0.25, 0.3) is 6.43 Å². The van der Waals surface area contributed by atoms with Gasteiger partial charge in [0.15, 0.2) is 5.78 Å². The number of ketones is 1. The molecule has 1 rings (SSSR count). The maximum atomic E-state index is 12.9. The number of halogens is 4. The third-order valence-corrected chi connectivity index (χ3v) is 2.01. The summed E-state index contributed by atoms with van der Waals surface area (Å²) >= 11 is 5.50. The molecular weight excluding hydrogens is 217 g/mol. The smallest absolute Gasteiger partial charge is 0.266 e. The number of carbonyl (C=O) groups excluding carboxylic acids is 1. The molecule has 0 saturated heterocycles. The molecule has 0 unspecified atom stereocenters. The van der Waals surface area contributed by atoms with Crippen molar-refractivity contribution in [1.82, 2.24) is 0 Å². The molecule has 1 nitrogen and oxygen atoms in total. The summed E-state index contributed by atoms with van der Waals surface area (Å²) in [5.74, 6) is -1.58. The van der Waals surface area contributed by atoms with Gasteiger partial charge in [0.1, 0.15) is 5.82 Å². The highest BCUT2D eigenvalue weighted by Crippen LogP contribution is 2.27. The second-order valence-corrected chi connectivity index (χ2v) is 3.12. The number of hydrogen-bond donors (Lipinski definition) is 0. The van der Waals surface area contributed by atoms with Crippen LogP contribution < -0.4 is 0 Å². The Labute approximate surface area is 83.5 Å². The summed E-state index contributed by atoms with van der Waals surface area (Å²) in [4.78, 5) is 10.9. The summed E-state index contributed by atoms with van der Waals surface area (Å²) < 4.78 is 37.3. The molecule has 0 radical (unpaired) electrons. The van der Waals surface area contributed by atoms with Crippen LogP contribution in [0.25, 0.3) is 0 Å². The minimum Gasteiger partial charge on any atom is -0.294 e. The molecule has 1 aromatic rings. The molecule has 0 spiro atoms. The zero-order valence-electron chi connectivity index (χ0n) is 7.15. The van der Waals surface area contributed by atoms with Crippen molar-refractivity contribution in [1.29, 1.82) is 0 Å². The number of Topliss-reactive ketones (excluding diaryl/α,β-unsaturated/α-hetero) is 1. The van der Waals surface area contributed by atoms with Crippen molar-refractivity contribution < 1.29 is 18.0 Å². The topological polar surface area (TPSA) is 17.1 Å². The van der Waals surface area contributed by atoms with Crippen LogP contribution in [0.1, 0.15) is 29.3 Å². The first kappa shape index (κ1) is 11.0. The molecule has 76 valence electrons. The van der Waals surface area contributed by atoms with Crippen LogP contribution in [-0.4, -0.2) is 5.78 Å². The van der Waals surface area contributed by atoms with E-state index in [-0.39, 0.29) is 10.6 Å². The summed E-state index contributed by atoms with van der Waals surface area (Å²) in [5.41, 5.74) is -0.900. The largest absolute Gasteiger partial charge is 0.294 e. The molecule has 0 saturated carbocycles. The van der Waals surface area contributed by atoms with Crippen molar-refractivity contribution in [2.24, 2.45) is 0 Å². The molecule has 0 bridgehead atoms. The molecule has 0 aliphatic carbocycles. The normalized spacial score (nSPS) is 10.7. The third-order valence-electron chi connectivity index (χ3n) is 1.70. The van der Waals surface area contributed by atoms with Crippen molar-refractivity contribution in [2.45, 2.75) is 13.3 Å². The third kappa shape index (κ3) is 2.07. The van der Waals surface area contributed by atoms with Crippen molar-refractivity contribution in [3.05, 3.63) is 34.1 Å². The van der Waals surface area contributed by atoms with Gasteiger partial charge in [-0.15, -0.1) is 0 Å². The van der Waals surface area contributed by atoms with Gasteiger partial charge in [0, 0.05) is 5.56 Å². The van der Waals surface area contributed by atoms with E-state index in [1.807, 2.05) is 0 Å². The maximum absolute atomic E-state index is 12.9. The molecule has 0 atom stereocenters. The Morgan fingerprint density at radius 2 is 2.00 bits per heavy atom. The van der Waals surface area contributed by atoms with Crippen molar-refractivity contribution >= 4 is 17.4 Å². The van der Waals surface area contributed by atoms with E-state index in [2.05, 4.69) is 0 Å². The Morgan fingerprint density at radius 1 is 1.43 bits per heavy atom. The molecule has 5 heteroatoms. The van der Waals surface area contributed by atoms with Gasteiger partial charge in [0.2, 0.25) is 0 Å². The quantitative estimate of drug-likeness (QED) is 0.699. The molecule has 0 aromatic heterocycles. The number of benzene rings is 1. The highest BCUT2D eigenvalue weighted by atomic mass is 35.5. The van der Waals surface area contributed by atoms with Crippen LogP contribution in [0.4, 0.5) is 13.2 Å². The van der Waals surface area contributed by atoms with Gasteiger partial charge in [-0.1, -0.05) is 11.6 Å². The molecule has 0 aliphatic rings. The molecule has 0 amide bonds. The fourth-order valence-electron chi connectivity index (χ4n) is 1.00. The highest BCUT2D eigenvalue weighted by Gasteiger charge is 2.17. The zero-order chi connectivity index (χ0) is 10.9. The first-order valence-electron chi connectivity index (χ1n) is 3.71. The minimum atomic E-state index is -2.95.